The van der Waals surface area contributed by atoms with E-state index in [4.69, 9.17) is 20.3 Å². The van der Waals surface area contributed by atoms with Crippen LogP contribution < -0.4 is 25.8 Å². The van der Waals surface area contributed by atoms with Gasteiger partial charge in [-0.2, -0.15) is 0 Å². The van der Waals surface area contributed by atoms with Gasteiger partial charge in [-0.3, -0.25) is 19.7 Å². The van der Waals surface area contributed by atoms with Crippen molar-refractivity contribution in [1.82, 2.24) is 4.98 Å². The number of rotatable bonds is 10. The third-order valence-electron chi connectivity index (χ3n) is 4.20. The number of aliphatic hydroxyl groups excluding tert-OH is 1. The highest BCUT2D eigenvalue weighted by atomic mass is 32.1. The van der Waals surface area contributed by atoms with Crippen LogP contribution in [-0.4, -0.2) is 47.2 Å². The molecule has 0 saturated heterocycles. The number of aliphatic hydroxyl groups is 1. The van der Waals surface area contributed by atoms with Crippen molar-refractivity contribution < 1.29 is 29.1 Å². The van der Waals surface area contributed by atoms with Gasteiger partial charge in [0, 0.05) is 17.3 Å². The number of nitrogens with zero attached hydrogens (tertiary/aromatic N) is 2. The second kappa shape index (κ2) is 10.4. The van der Waals surface area contributed by atoms with E-state index in [2.05, 4.69) is 15.6 Å². The zero-order valence-electron chi connectivity index (χ0n) is 17.2. The number of nitro groups is 1. The fourth-order valence-electron chi connectivity index (χ4n) is 2.68. The lowest BCUT2D eigenvalue weighted by Gasteiger charge is -2.07. The first-order chi connectivity index (χ1) is 15.8. The number of primary amides is 1. The second-order valence-corrected chi connectivity index (χ2v) is 7.38. The van der Waals surface area contributed by atoms with Gasteiger partial charge in [0.05, 0.1) is 18.6 Å². The number of hydrogen-bond acceptors (Lipinski definition) is 10. The Bertz CT molecular complexity index is 1180. The summed E-state index contributed by atoms with van der Waals surface area (Å²) in [4.78, 5) is 39.3. The SMILES string of the molecule is COc1ccc(Nc2nc(C(N)=O)c(NC(=O)c3ccc(OCCO)c([N+](=O)[O-])c3)s2)cc1. The van der Waals surface area contributed by atoms with Crippen molar-refractivity contribution >= 4 is 44.7 Å². The molecule has 0 radical (unpaired) electrons. The molecular weight excluding hydrogens is 454 g/mol. The first-order valence-electron chi connectivity index (χ1n) is 9.37. The largest absolute Gasteiger partial charge is 0.497 e. The second-order valence-electron chi connectivity index (χ2n) is 6.38. The van der Waals surface area contributed by atoms with Crippen molar-refractivity contribution in [3.8, 4) is 11.5 Å². The van der Waals surface area contributed by atoms with Gasteiger partial charge in [0.2, 0.25) is 0 Å². The predicted octanol–water partition coefficient (Wildman–Crippen LogP) is 2.53. The minimum Gasteiger partial charge on any atom is -0.497 e. The lowest BCUT2D eigenvalue weighted by Crippen LogP contribution is -2.17. The number of carbonyl (C=O) groups excluding carboxylic acids is 2. The zero-order valence-corrected chi connectivity index (χ0v) is 18.0. The molecule has 0 aliphatic carbocycles. The number of anilines is 3. The van der Waals surface area contributed by atoms with E-state index >= 15 is 0 Å². The molecule has 1 heterocycles. The van der Waals surface area contributed by atoms with Gasteiger partial charge >= 0.3 is 5.69 Å². The highest BCUT2D eigenvalue weighted by molar-refractivity contribution is 7.20. The molecule has 0 bridgehead atoms. The lowest BCUT2D eigenvalue weighted by atomic mass is 10.1. The number of hydrogen-bond donors (Lipinski definition) is 4. The average molecular weight is 473 g/mol. The first kappa shape index (κ1) is 23.4. The molecule has 0 aliphatic rings. The van der Waals surface area contributed by atoms with Crippen LogP contribution in [0.25, 0.3) is 0 Å². The average Bonchev–Trinajstić information content (AvgIpc) is 3.20. The van der Waals surface area contributed by atoms with Gasteiger partial charge in [-0.15, -0.1) is 0 Å². The summed E-state index contributed by atoms with van der Waals surface area (Å²) < 4.78 is 10.2. The molecule has 0 unspecified atom stereocenters. The smallest absolute Gasteiger partial charge is 0.311 e. The maximum absolute atomic E-state index is 12.7. The number of benzene rings is 2. The lowest BCUT2D eigenvalue weighted by molar-refractivity contribution is -0.385. The fraction of sp³-hybridized carbons (Fsp3) is 0.150. The Balaban J connectivity index is 1.83. The number of aromatic nitrogens is 1. The molecule has 172 valence electrons. The number of ether oxygens (including phenoxy) is 2. The van der Waals surface area contributed by atoms with Gasteiger partial charge in [0.1, 0.15) is 17.4 Å². The van der Waals surface area contributed by atoms with Crippen molar-refractivity contribution in [2.45, 2.75) is 0 Å². The minimum atomic E-state index is -0.858. The van der Waals surface area contributed by atoms with E-state index in [1.807, 2.05) is 0 Å². The van der Waals surface area contributed by atoms with Gasteiger partial charge in [-0.25, -0.2) is 4.98 Å². The minimum absolute atomic E-state index is 0.0495. The summed E-state index contributed by atoms with van der Waals surface area (Å²) in [6.45, 7) is -0.466. The summed E-state index contributed by atoms with van der Waals surface area (Å²) in [5, 5.41) is 26.1. The zero-order chi connectivity index (χ0) is 24.0. The molecule has 5 N–H and O–H groups in total. The number of nitrogens with one attached hydrogen (secondary N) is 2. The van der Waals surface area contributed by atoms with Crippen LogP contribution in [0.4, 0.5) is 21.5 Å². The molecule has 0 spiro atoms. The third-order valence-corrected chi connectivity index (χ3v) is 5.08. The normalized spacial score (nSPS) is 10.4. The maximum Gasteiger partial charge on any atom is 0.311 e. The molecule has 0 aliphatic heterocycles. The first-order valence-corrected chi connectivity index (χ1v) is 10.2. The molecule has 33 heavy (non-hydrogen) atoms. The molecular formula is C20H19N5O7S. The van der Waals surface area contributed by atoms with Crippen molar-refractivity contribution in [2.75, 3.05) is 31.0 Å². The van der Waals surface area contributed by atoms with Crippen molar-refractivity contribution in [3.05, 3.63) is 63.8 Å². The quantitative estimate of drug-likeness (QED) is 0.254. The van der Waals surface area contributed by atoms with Gasteiger partial charge in [0.25, 0.3) is 11.8 Å². The molecule has 0 atom stereocenters. The number of methoxy groups -OCH3 is 1. The molecule has 0 fully saturated rings. The van der Waals surface area contributed by atoms with Crippen LogP contribution >= 0.6 is 11.3 Å². The molecule has 2 aromatic carbocycles. The standard InChI is InChI=1S/C20H19N5O7S/c1-31-13-5-3-12(4-6-13)22-20-23-16(17(21)27)19(33-20)24-18(28)11-2-7-15(32-9-8-26)14(10-11)25(29)30/h2-7,10,26H,8-9H2,1H3,(H2,21,27)(H,22,23)(H,24,28). The predicted molar refractivity (Wildman–Crippen MR) is 121 cm³/mol. The number of thiazole rings is 1. The number of amides is 2. The summed E-state index contributed by atoms with van der Waals surface area (Å²) >= 11 is 0.968. The summed E-state index contributed by atoms with van der Waals surface area (Å²) in [5.41, 5.74) is 5.39. The Hall–Kier alpha value is -4.23. The molecule has 12 nitrogen and oxygen atoms in total. The van der Waals surface area contributed by atoms with Gasteiger partial charge < -0.3 is 30.9 Å². The van der Waals surface area contributed by atoms with Gasteiger partial charge in [-0.05, 0) is 36.4 Å². The van der Waals surface area contributed by atoms with Crippen molar-refractivity contribution in [3.63, 3.8) is 0 Å². The van der Waals surface area contributed by atoms with Crippen LogP contribution in [0.3, 0.4) is 0 Å². The Morgan fingerprint density at radius 1 is 1.24 bits per heavy atom. The molecule has 2 amide bonds. The fourth-order valence-corrected chi connectivity index (χ4v) is 3.56. The molecule has 1 aromatic heterocycles. The van der Waals surface area contributed by atoms with Gasteiger partial charge in [0.15, 0.2) is 16.6 Å². The summed E-state index contributed by atoms with van der Waals surface area (Å²) in [7, 11) is 1.54. The topological polar surface area (TPSA) is 179 Å². The molecule has 13 heteroatoms. The van der Waals surface area contributed by atoms with Crippen LogP contribution in [0.5, 0.6) is 11.5 Å². The Kier molecular flexibility index (Phi) is 7.38. The van der Waals surface area contributed by atoms with Crippen molar-refractivity contribution in [1.29, 1.82) is 0 Å². The summed E-state index contributed by atoms with van der Waals surface area (Å²) in [6.07, 6.45) is 0. The monoisotopic (exact) mass is 473 g/mol. The van der Waals surface area contributed by atoms with E-state index in [-0.39, 0.29) is 35.2 Å². The molecule has 3 rings (SSSR count). The van der Waals surface area contributed by atoms with Crippen LogP contribution in [0, 0.1) is 10.1 Å². The van der Waals surface area contributed by atoms with E-state index in [9.17, 15) is 19.7 Å². The third kappa shape index (κ3) is 5.72. The summed E-state index contributed by atoms with van der Waals surface area (Å²) in [5.74, 6) is -1.00. The Labute approximate surface area is 191 Å². The summed E-state index contributed by atoms with van der Waals surface area (Å²) in [6, 6.07) is 10.5. The van der Waals surface area contributed by atoms with E-state index in [1.165, 1.54) is 12.1 Å². The highest BCUT2D eigenvalue weighted by Gasteiger charge is 2.22. The maximum atomic E-state index is 12.7. The number of nitrogens with two attached hydrogens (primary N) is 1. The number of carbonyl (C=O) groups is 2. The van der Waals surface area contributed by atoms with Crippen molar-refractivity contribution in [2.24, 2.45) is 5.73 Å². The highest BCUT2D eigenvalue weighted by Crippen LogP contribution is 2.32. The Morgan fingerprint density at radius 3 is 2.58 bits per heavy atom. The van der Waals surface area contributed by atoms with Crippen LogP contribution in [0.1, 0.15) is 20.8 Å². The van der Waals surface area contributed by atoms with Crippen LogP contribution in [0.2, 0.25) is 0 Å². The molecule has 3 aromatic rings. The number of nitro benzene ring substituents is 1. The van der Waals surface area contributed by atoms with E-state index in [1.54, 1.807) is 31.4 Å². The van der Waals surface area contributed by atoms with Gasteiger partial charge in [-0.1, -0.05) is 11.3 Å². The Morgan fingerprint density at radius 2 is 1.97 bits per heavy atom. The van der Waals surface area contributed by atoms with Crippen LogP contribution in [0.15, 0.2) is 42.5 Å². The molecule has 0 saturated carbocycles. The van der Waals surface area contributed by atoms with Crippen LogP contribution in [-0.2, 0) is 0 Å². The van der Waals surface area contributed by atoms with E-state index in [0.717, 1.165) is 17.4 Å². The van der Waals surface area contributed by atoms with E-state index < -0.39 is 22.4 Å². The van der Waals surface area contributed by atoms with E-state index in [0.29, 0.717) is 16.6 Å².